The van der Waals surface area contributed by atoms with E-state index in [2.05, 4.69) is 10.6 Å². The monoisotopic (exact) mass is 363 g/mol. The number of nitrogens with one attached hydrogen (secondary N) is 2. The van der Waals surface area contributed by atoms with Crippen molar-refractivity contribution in [3.8, 4) is 5.75 Å². The summed E-state index contributed by atoms with van der Waals surface area (Å²) in [6.07, 6.45) is 0.129. The van der Waals surface area contributed by atoms with E-state index in [1.54, 1.807) is 36.4 Å². The first-order valence-corrected chi connectivity index (χ1v) is 8.08. The van der Waals surface area contributed by atoms with Crippen molar-refractivity contribution >= 4 is 34.6 Å². The molecule has 0 bridgehead atoms. The number of hydrogen-bond acceptors (Lipinski definition) is 5. The first kappa shape index (κ1) is 18.5. The van der Waals surface area contributed by atoms with Crippen molar-refractivity contribution in [2.45, 2.75) is 13.3 Å². The molecule has 0 saturated carbocycles. The molecule has 2 aromatic carbocycles. The van der Waals surface area contributed by atoms with Crippen LogP contribution in [-0.2, 0) is 4.79 Å². The third-order valence-electron chi connectivity index (χ3n) is 3.28. The summed E-state index contributed by atoms with van der Waals surface area (Å²) in [4.78, 5) is 22.6. The van der Waals surface area contributed by atoms with Gasteiger partial charge in [0.05, 0.1) is 17.2 Å². The van der Waals surface area contributed by atoms with Crippen molar-refractivity contribution in [1.82, 2.24) is 0 Å². The highest BCUT2D eigenvalue weighted by molar-refractivity contribution is 6.31. The first-order chi connectivity index (χ1) is 12.0. The van der Waals surface area contributed by atoms with Crippen molar-refractivity contribution < 1.29 is 14.5 Å². The molecule has 0 aromatic heterocycles. The zero-order valence-corrected chi connectivity index (χ0v) is 14.4. The van der Waals surface area contributed by atoms with Gasteiger partial charge in [0.25, 0.3) is 5.69 Å². The minimum Gasteiger partial charge on any atom is -0.492 e. The number of amides is 1. The molecule has 0 saturated heterocycles. The molecule has 25 heavy (non-hydrogen) atoms. The second kappa shape index (κ2) is 8.89. The lowest BCUT2D eigenvalue weighted by atomic mass is 10.2. The van der Waals surface area contributed by atoms with Crippen molar-refractivity contribution in [3.05, 3.63) is 57.6 Å². The number of halogens is 1. The first-order valence-electron chi connectivity index (χ1n) is 7.70. The molecule has 0 radical (unpaired) electrons. The van der Waals surface area contributed by atoms with Crippen molar-refractivity contribution in [2.24, 2.45) is 0 Å². The largest absolute Gasteiger partial charge is 0.492 e. The highest BCUT2D eigenvalue weighted by Gasteiger charge is 2.13. The topological polar surface area (TPSA) is 93.5 Å². The van der Waals surface area contributed by atoms with Gasteiger partial charge in [0, 0.05) is 24.1 Å². The van der Waals surface area contributed by atoms with Gasteiger partial charge in [-0.05, 0) is 31.2 Å². The molecule has 1 amide bonds. The number of benzene rings is 2. The van der Waals surface area contributed by atoms with Crippen molar-refractivity contribution in [1.29, 1.82) is 0 Å². The number of para-hydroxylation sites is 2. The summed E-state index contributed by atoms with van der Waals surface area (Å²) in [5.74, 6) is 0.279. The third-order valence-corrected chi connectivity index (χ3v) is 3.52. The fourth-order valence-electron chi connectivity index (χ4n) is 2.19. The molecule has 0 aliphatic rings. The standard InChI is InChI=1S/C17H18ClN3O4/c1-2-25-16-8-7-12(18)11-14(16)20-17(22)9-10-19-13-5-3-4-6-15(13)21(23)24/h3-8,11,19H,2,9-10H2,1H3,(H,20,22). The molecule has 8 heteroatoms. The van der Waals surface area contributed by atoms with Gasteiger partial charge in [0.1, 0.15) is 11.4 Å². The normalized spacial score (nSPS) is 10.2. The number of carbonyl (C=O) groups is 1. The van der Waals surface area contributed by atoms with Crippen LogP contribution >= 0.6 is 11.6 Å². The Morgan fingerprint density at radius 1 is 1.24 bits per heavy atom. The van der Waals surface area contributed by atoms with Crippen molar-refractivity contribution in [3.63, 3.8) is 0 Å². The summed E-state index contributed by atoms with van der Waals surface area (Å²) in [5.41, 5.74) is 0.833. The molecule has 0 heterocycles. The van der Waals surface area contributed by atoms with Crippen LogP contribution in [0.25, 0.3) is 0 Å². The number of nitrogens with zero attached hydrogens (tertiary/aromatic N) is 1. The molecule has 0 aliphatic carbocycles. The van der Waals surface area contributed by atoms with Gasteiger partial charge in [-0.1, -0.05) is 23.7 Å². The maximum absolute atomic E-state index is 12.1. The summed E-state index contributed by atoms with van der Waals surface area (Å²) in [5, 5.41) is 17.1. The van der Waals surface area contributed by atoms with Gasteiger partial charge in [0.15, 0.2) is 0 Å². The van der Waals surface area contributed by atoms with Crippen LogP contribution in [0.2, 0.25) is 5.02 Å². The highest BCUT2D eigenvalue weighted by atomic mass is 35.5. The predicted octanol–water partition coefficient (Wildman–Crippen LogP) is 4.09. The third kappa shape index (κ3) is 5.36. The molecule has 2 N–H and O–H groups in total. The predicted molar refractivity (Wildman–Crippen MR) is 97.5 cm³/mol. The smallest absolute Gasteiger partial charge is 0.292 e. The average molecular weight is 364 g/mol. The molecule has 7 nitrogen and oxygen atoms in total. The Balaban J connectivity index is 1.94. The zero-order chi connectivity index (χ0) is 18.2. The quantitative estimate of drug-likeness (QED) is 0.544. The molecule has 0 spiro atoms. The number of nitro groups is 1. The number of rotatable bonds is 8. The van der Waals surface area contributed by atoms with Crippen LogP contribution in [0.15, 0.2) is 42.5 Å². The Morgan fingerprint density at radius 3 is 2.72 bits per heavy atom. The van der Waals surface area contributed by atoms with E-state index >= 15 is 0 Å². The van der Waals surface area contributed by atoms with Crippen LogP contribution in [0.4, 0.5) is 17.1 Å². The van der Waals surface area contributed by atoms with Crippen LogP contribution in [-0.4, -0.2) is 24.0 Å². The van der Waals surface area contributed by atoms with Crippen LogP contribution in [0.1, 0.15) is 13.3 Å². The summed E-state index contributed by atoms with van der Waals surface area (Å²) in [6, 6.07) is 11.3. The van der Waals surface area contributed by atoms with Gasteiger partial charge in [-0.2, -0.15) is 0 Å². The van der Waals surface area contributed by atoms with Gasteiger partial charge in [-0.15, -0.1) is 0 Å². The Morgan fingerprint density at radius 2 is 2.00 bits per heavy atom. The van der Waals surface area contributed by atoms with E-state index in [1.807, 2.05) is 6.92 Å². The zero-order valence-electron chi connectivity index (χ0n) is 13.6. The lowest BCUT2D eigenvalue weighted by Gasteiger charge is -2.12. The summed E-state index contributed by atoms with van der Waals surface area (Å²) in [6.45, 7) is 2.56. The second-order valence-electron chi connectivity index (χ2n) is 5.07. The van der Waals surface area contributed by atoms with Crippen molar-refractivity contribution in [2.75, 3.05) is 23.8 Å². The maximum Gasteiger partial charge on any atom is 0.292 e. The van der Waals surface area contributed by atoms with Crippen LogP contribution in [0.5, 0.6) is 5.75 Å². The minimum absolute atomic E-state index is 0.0311. The number of anilines is 2. The highest BCUT2D eigenvalue weighted by Crippen LogP contribution is 2.28. The molecule has 2 aromatic rings. The van der Waals surface area contributed by atoms with E-state index < -0.39 is 4.92 Å². The van der Waals surface area contributed by atoms with E-state index in [0.29, 0.717) is 28.8 Å². The average Bonchev–Trinajstić information content (AvgIpc) is 2.57. The summed E-state index contributed by atoms with van der Waals surface area (Å²) >= 11 is 5.95. The molecule has 0 aliphatic heterocycles. The number of ether oxygens (including phenoxy) is 1. The van der Waals surface area contributed by atoms with Crippen LogP contribution in [0.3, 0.4) is 0 Å². The summed E-state index contributed by atoms with van der Waals surface area (Å²) in [7, 11) is 0. The minimum atomic E-state index is -0.470. The lowest BCUT2D eigenvalue weighted by molar-refractivity contribution is -0.384. The molecular formula is C17H18ClN3O4. The van der Waals surface area contributed by atoms with E-state index in [4.69, 9.17) is 16.3 Å². The molecule has 0 fully saturated rings. The molecule has 0 atom stereocenters. The molecule has 2 rings (SSSR count). The fourth-order valence-corrected chi connectivity index (χ4v) is 2.36. The van der Waals surface area contributed by atoms with Crippen LogP contribution in [0, 0.1) is 10.1 Å². The van der Waals surface area contributed by atoms with Crippen LogP contribution < -0.4 is 15.4 Å². The van der Waals surface area contributed by atoms with E-state index in [1.165, 1.54) is 6.07 Å². The van der Waals surface area contributed by atoms with E-state index in [9.17, 15) is 14.9 Å². The van der Waals surface area contributed by atoms with Gasteiger partial charge in [-0.3, -0.25) is 14.9 Å². The maximum atomic E-state index is 12.1. The molecule has 132 valence electrons. The van der Waals surface area contributed by atoms with Gasteiger partial charge >= 0.3 is 0 Å². The fraction of sp³-hybridized carbons (Fsp3) is 0.235. The number of carbonyl (C=O) groups excluding carboxylic acids is 1. The van der Waals surface area contributed by atoms with Gasteiger partial charge in [-0.25, -0.2) is 0 Å². The van der Waals surface area contributed by atoms with E-state index in [0.717, 1.165) is 0 Å². The Hall–Kier alpha value is -2.80. The lowest BCUT2D eigenvalue weighted by Crippen LogP contribution is -2.17. The second-order valence-corrected chi connectivity index (χ2v) is 5.51. The Labute approximate surface area is 150 Å². The Kier molecular flexibility index (Phi) is 6.59. The van der Waals surface area contributed by atoms with Gasteiger partial charge < -0.3 is 15.4 Å². The number of hydrogen-bond donors (Lipinski definition) is 2. The van der Waals surface area contributed by atoms with E-state index in [-0.39, 0.29) is 24.6 Å². The molecule has 0 unspecified atom stereocenters. The van der Waals surface area contributed by atoms with Gasteiger partial charge in [0.2, 0.25) is 5.91 Å². The SMILES string of the molecule is CCOc1ccc(Cl)cc1NC(=O)CCNc1ccccc1[N+](=O)[O-]. The Bertz CT molecular complexity index is 767. The summed E-state index contributed by atoms with van der Waals surface area (Å²) < 4.78 is 5.44. The molecular weight excluding hydrogens is 346 g/mol. The number of nitro benzene ring substituents is 1.